The molecule has 1 aliphatic carbocycles. The van der Waals surface area contributed by atoms with Crippen molar-refractivity contribution in [2.75, 3.05) is 13.1 Å². The molecule has 0 aromatic heterocycles. The second kappa shape index (κ2) is 4.61. The molecule has 1 aliphatic rings. The Labute approximate surface area is 108 Å². The van der Waals surface area contributed by atoms with E-state index in [0.29, 0.717) is 5.56 Å². The minimum Gasteiger partial charge on any atom is -0.316 e. The Morgan fingerprint density at radius 2 is 1.89 bits per heavy atom. The summed E-state index contributed by atoms with van der Waals surface area (Å²) < 4.78 is 27.0. The highest BCUT2D eigenvalue weighted by Gasteiger charge is 2.50. The second-order valence-electron chi connectivity index (χ2n) is 6.20. The third-order valence-electron chi connectivity index (χ3n) is 3.85. The molecule has 0 heterocycles. The van der Waals surface area contributed by atoms with Crippen molar-refractivity contribution in [1.29, 1.82) is 0 Å². The molecule has 0 bridgehead atoms. The molecule has 1 fully saturated rings. The predicted octanol–water partition coefficient (Wildman–Crippen LogP) is 3.63. The highest BCUT2D eigenvalue weighted by atomic mass is 19.1. The van der Waals surface area contributed by atoms with Crippen molar-refractivity contribution >= 4 is 0 Å². The first kappa shape index (κ1) is 13.5. The highest BCUT2D eigenvalue weighted by Crippen LogP contribution is 2.55. The van der Waals surface area contributed by atoms with Gasteiger partial charge in [-0.25, -0.2) is 8.78 Å². The lowest BCUT2D eigenvalue weighted by atomic mass is 9.52. The molecule has 2 rings (SSSR count). The van der Waals surface area contributed by atoms with Gasteiger partial charge >= 0.3 is 0 Å². The average Bonchev–Trinajstić information content (AvgIpc) is 2.23. The first-order valence-corrected chi connectivity index (χ1v) is 6.55. The Morgan fingerprint density at radius 3 is 2.39 bits per heavy atom. The molecule has 0 amide bonds. The molecule has 0 saturated heterocycles. The van der Waals surface area contributed by atoms with Crippen molar-refractivity contribution < 1.29 is 8.78 Å². The maximum absolute atomic E-state index is 14.0. The summed E-state index contributed by atoms with van der Waals surface area (Å²) in [5, 5.41) is 3.31. The first-order chi connectivity index (χ1) is 8.38. The summed E-state index contributed by atoms with van der Waals surface area (Å²) in [6.07, 6.45) is 1.88. The smallest absolute Gasteiger partial charge is 0.129 e. The number of rotatable bonds is 4. The number of nitrogens with one attached hydrogen (secondary N) is 1. The van der Waals surface area contributed by atoms with Crippen LogP contribution in [0.25, 0.3) is 0 Å². The molecule has 3 heteroatoms. The van der Waals surface area contributed by atoms with Gasteiger partial charge in [0.2, 0.25) is 0 Å². The second-order valence-corrected chi connectivity index (χ2v) is 6.20. The Hall–Kier alpha value is -0.960. The van der Waals surface area contributed by atoms with Crippen molar-refractivity contribution in [3.05, 3.63) is 35.4 Å². The number of hydrogen-bond donors (Lipinski definition) is 1. The van der Waals surface area contributed by atoms with Gasteiger partial charge in [-0.05, 0) is 36.4 Å². The Kier molecular flexibility index (Phi) is 3.45. The largest absolute Gasteiger partial charge is 0.316 e. The lowest BCUT2D eigenvalue weighted by molar-refractivity contribution is 0.0539. The van der Waals surface area contributed by atoms with Crippen LogP contribution >= 0.6 is 0 Å². The number of benzene rings is 1. The quantitative estimate of drug-likeness (QED) is 0.864. The number of hydrogen-bond acceptors (Lipinski definition) is 1. The summed E-state index contributed by atoms with van der Waals surface area (Å²) >= 11 is 0. The van der Waals surface area contributed by atoms with E-state index in [1.54, 1.807) is 6.07 Å². The van der Waals surface area contributed by atoms with Crippen LogP contribution in [-0.4, -0.2) is 13.1 Å². The molecule has 0 atom stereocenters. The minimum atomic E-state index is -0.506. The van der Waals surface area contributed by atoms with E-state index in [9.17, 15) is 8.78 Å². The molecule has 0 unspecified atom stereocenters. The maximum atomic E-state index is 14.0. The van der Waals surface area contributed by atoms with Gasteiger partial charge in [-0.2, -0.15) is 0 Å². The Balaban J connectivity index is 2.30. The van der Waals surface area contributed by atoms with Gasteiger partial charge in [0.1, 0.15) is 11.6 Å². The monoisotopic (exact) mass is 253 g/mol. The maximum Gasteiger partial charge on any atom is 0.129 e. The topological polar surface area (TPSA) is 12.0 Å². The Bertz CT molecular complexity index is 432. The van der Waals surface area contributed by atoms with E-state index in [1.807, 2.05) is 6.92 Å². The van der Waals surface area contributed by atoms with Crippen LogP contribution in [0, 0.1) is 17.0 Å². The third kappa shape index (κ3) is 2.41. The van der Waals surface area contributed by atoms with E-state index in [2.05, 4.69) is 19.2 Å². The average molecular weight is 253 g/mol. The van der Waals surface area contributed by atoms with Crippen molar-refractivity contribution in [2.45, 2.75) is 39.0 Å². The van der Waals surface area contributed by atoms with Gasteiger partial charge in [0, 0.05) is 18.0 Å². The van der Waals surface area contributed by atoms with Gasteiger partial charge in [0.25, 0.3) is 0 Å². The fourth-order valence-electron chi connectivity index (χ4n) is 3.47. The SMILES string of the molecule is CCNCC1(c2ccc(F)cc2F)CC(C)(C)C1. The molecule has 0 spiro atoms. The van der Waals surface area contributed by atoms with E-state index in [0.717, 1.165) is 32.0 Å². The molecule has 1 N–H and O–H groups in total. The Morgan fingerprint density at radius 1 is 1.22 bits per heavy atom. The number of halogens is 2. The van der Waals surface area contributed by atoms with Gasteiger partial charge in [-0.15, -0.1) is 0 Å². The van der Waals surface area contributed by atoms with Crippen LogP contribution in [0.5, 0.6) is 0 Å². The molecule has 0 radical (unpaired) electrons. The van der Waals surface area contributed by atoms with E-state index in [1.165, 1.54) is 6.07 Å². The van der Waals surface area contributed by atoms with Crippen LogP contribution in [0.4, 0.5) is 8.78 Å². The highest BCUT2D eigenvalue weighted by molar-refractivity contribution is 5.32. The molecule has 0 aliphatic heterocycles. The zero-order chi connectivity index (χ0) is 13.4. The minimum absolute atomic E-state index is 0.169. The first-order valence-electron chi connectivity index (χ1n) is 6.55. The number of likely N-dealkylation sites (N-methyl/N-ethyl adjacent to an activating group) is 1. The summed E-state index contributed by atoms with van der Waals surface area (Å²) in [6.45, 7) is 8.05. The lowest BCUT2D eigenvalue weighted by Crippen LogP contribution is -2.53. The van der Waals surface area contributed by atoms with Gasteiger partial charge in [-0.3, -0.25) is 0 Å². The van der Waals surface area contributed by atoms with E-state index >= 15 is 0 Å². The van der Waals surface area contributed by atoms with Crippen molar-refractivity contribution in [3.63, 3.8) is 0 Å². The lowest BCUT2D eigenvalue weighted by Gasteiger charge is -2.54. The van der Waals surface area contributed by atoms with Crippen molar-refractivity contribution in [1.82, 2.24) is 5.32 Å². The molecule has 1 nitrogen and oxygen atoms in total. The van der Waals surface area contributed by atoms with Gasteiger partial charge in [0.05, 0.1) is 0 Å². The molecule has 1 aromatic rings. The third-order valence-corrected chi connectivity index (χ3v) is 3.85. The summed E-state index contributed by atoms with van der Waals surface area (Å²) in [6, 6.07) is 3.96. The van der Waals surface area contributed by atoms with E-state index < -0.39 is 11.6 Å². The molecule has 1 saturated carbocycles. The van der Waals surface area contributed by atoms with Gasteiger partial charge in [0.15, 0.2) is 0 Å². The predicted molar refractivity (Wildman–Crippen MR) is 69.6 cm³/mol. The van der Waals surface area contributed by atoms with Crippen LogP contribution in [0.15, 0.2) is 18.2 Å². The summed E-state index contributed by atoms with van der Waals surface area (Å²) in [5.41, 5.74) is 0.734. The van der Waals surface area contributed by atoms with Gasteiger partial charge in [-0.1, -0.05) is 26.8 Å². The van der Waals surface area contributed by atoms with Crippen LogP contribution in [0.3, 0.4) is 0 Å². The zero-order valence-corrected chi connectivity index (χ0v) is 11.3. The van der Waals surface area contributed by atoms with Gasteiger partial charge < -0.3 is 5.32 Å². The molecule has 1 aromatic carbocycles. The van der Waals surface area contributed by atoms with Crippen molar-refractivity contribution in [2.24, 2.45) is 5.41 Å². The summed E-state index contributed by atoms with van der Waals surface area (Å²) in [5.74, 6) is -0.920. The van der Waals surface area contributed by atoms with Crippen molar-refractivity contribution in [3.8, 4) is 0 Å². The normalized spacial score (nSPS) is 20.5. The van der Waals surface area contributed by atoms with E-state index in [4.69, 9.17) is 0 Å². The molecular weight excluding hydrogens is 232 g/mol. The van der Waals surface area contributed by atoms with E-state index in [-0.39, 0.29) is 10.8 Å². The van der Waals surface area contributed by atoms with Crippen LogP contribution in [-0.2, 0) is 5.41 Å². The zero-order valence-electron chi connectivity index (χ0n) is 11.3. The summed E-state index contributed by atoms with van der Waals surface area (Å²) in [7, 11) is 0. The molecule has 18 heavy (non-hydrogen) atoms. The van der Waals surface area contributed by atoms with Crippen LogP contribution in [0.2, 0.25) is 0 Å². The standard InChI is InChI=1S/C15H21F2N/c1-4-18-10-15(8-14(2,3)9-15)12-6-5-11(16)7-13(12)17/h5-7,18H,4,8-10H2,1-3H3. The molecule has 100 valence electrons. The fourth-order valence-corrected chi connectivity index (χ4v) is 3.47. The van der Waals surface area contributed by atoms with Crippen LogP contribution in [0.1, 0.15) is 39.2 Å². The molecular formula is C15H21F2N. The van der Waals surface area contributed by atoms with Crippen LogP contribution < -0.4 is 5.32 Å². The fraction of sp³-hybridized carbons (Fsp3) is 0.600. The summed E-state index contributed by atoms with van der Waals surface area (Å²) in [4.78, 5) is 0.